The van der Waals surface area contributed by atoms with Crippen LogP contribution in [0.1, 0.15) is 12.5 Å². The second kappa shape index (κ2) is 8.92. The number of carbonyl (C=O) groups excluding carboxylic acids is 2. The highest BCUT2D eigenvalue weighted by Gasteiger charge is 2.34. The molecule has 0 aromatic heterocycles. The minimum absolute atomic E-state index is 0.0573. The van der Waals surface area contributed by atoms with Crippen molar-refractivity contribution in [1.29, 1.82) is 0 Å². The van der Waals surface area contributed by atoms with Crippen LogP contribution in [0.2, 0.25) is 0 Å². The zero-order valence-electron chi connectivity index (χ0n) is 15.3. The molecule has 3 rings (SSSR count). The minimum Gasteiger partial charge on any atom is -0.490 e. The lowest BCUT2D eigenvalue weighted by Gasteiger charge is -2.14. The summed E-state index contributed by atoms with van der Waals surface area (Å²) in [5.74, 6) is 0.302. The van der Waals surface area contributed by atoms with Gasteiger partial charge in [-0.1, -0.05) is 30.9 Å². The van der Waals surface area contributed by atoms with Gasteiger partial charge in [0.1, 0.15) is 12.2 Å². The highest BCUT2D eigenvalue weighted by atomic mass is 127. The molecule has 0 spiro atoms. The van der Waals surface area contributed by atoms with Crippen molar-refractivity contribution < 1.29 is 19.1 Å². The molecule has 1 fully saturated rings. The van der Waals surface area contributed by atoms with Crippen LogP contribution in [0, 0.1) is 3.57 Å². The number of anilines is 1. The summed E-state index contributed by atoms with van der Waals surface area (Å²) in [6.45, 7) is 6.34. The number of ether oxygens (including phenoxy) is 2. The Morgan fingerprint density at radius 1 is 1.18 bits per heavy atom. The van der Waals surface area contributed by atoms with Gasteiger partial charge in [0.2, 0.25) is 0 Å². The van der Waals surface area contributed by atoms with E-state index in [1.165, 1.54) is 5.01 Å². The predicted molar refractivity (Wildman–Crippen MR) is 116 cm³/mol. The monoisotopic (exact) mass is 490 g/mol. The summed E-state index contributed by atoms with van der Waals surface area (Å²) in [5.41, 5.74) is 3.92. The summed E-state index contributed by atoms with van der Waals surface area (Å²) in [6, 6.07) is 12.5. The lowest BCUT2D eigenvalue weighted by molar-refractivity contribution is -0.117. The average molecular weight is 490 g/mol. The van der Waals surface area contributed by atoms with E-state index in [2.05, 4.69) is 34.6 Å². The van der Waals surface area contributed by atoms with E-state index in [4.69, 9.17) is 9.47 Å². The second-order valence-corrected chi connectivity index (χ2v) is 7.00. The van der Waals surface area contributed by atoms with Crippen LogP contribution in [0.15, 0.2) is 60.7 Å². The molecule has 1 saturated heterocycles. The van der Waals surface area contributed by atoms with Crippen LogP contribution >= 0.6 is 22.6 Å². The van der Waals surface area contributed by atoms with E-state index in [9.17, 15) is 9.59 Å². The first-order chi connectivity index (χ1) is 13.5. The van der Waals surface area contributed by atoms with Crippen molar-refractivity contribution in [3.8, 4) is 11.5 Å². The smallest absolute Gasteiger partial charge is 0.282 e. The Labute approximate surface area is 176 Å². The summed E-state index contributed by atoms with van der Waals surface area (Å²) in [4.78, 5) is 25.1. The number of amides is 2. The highest BCUT2D eigenvalue weighted by Crippen LogP contribution is 2.35. The molecule has 0 atom stereocenters. The number of para-hydroxylation sites is 1. The molecule has 6 nitrogen and oxygen atoms in total. The molecule has 28 heavy (non-hydrogen) atoms. The zero-order valence-corrected chi connectivity index (χ0v) is 17.4. The maximum atomic E-state index is 12.7. The Kier molecular flexibility index (Phi) is 6.35. The van der Waals surface area contributed by atoms with E-state index < -0.39 is 11.8 Å². The van der Waals surface area contributed by atoms with Crippen molar-refractivity contribution in [2.24, 2.45) is 0 Å². The third kappa shape index (κ3) is 4.19. The molecule has 2 amide bonds. The first-order valence-corrected chi connectivity index (χ1v) is 9.75. The van der Waals surface area contributed by atoms with Gasteiger partial charge in [-0.25, -0.2) is 5.01 Å². The number of nitrogens with one attached hydrogen (secondary N) is 1. The molecule has 0 saturated carbocycles. The fraction of sp³-hybridized carbons (Fsp3) is 0.143. The molecule has 1 aliphatic heterocycles. The van der Waals surface area contributed by atoms with Crippen molar-refractivity contribution >= 4 is 46.2 Å². The Morgan fingerprint density at radius 2 is 1.93 bits per heavy atom. The molecule has 0 unspecified atom stereocenters. The van der Waals surface area contributed by atoms with Gasteiger partial charge >= 0.3 is 0 Å². The lowest BCUT2D eigenvalue weighted by Crippen LogP contribution is -2.35. The number of halogens is 1. The van der Waals surface area contributed by atoms with Gasteiger partial charge < -0.3 is 9.47 Å². The molecule has 1 aliphatic rings. The van der Waals surface area contributed by atoms with Crippen molar-refractivity contribution in [3.63, 3.8) is 0 Å². The summed E-state index contributed by atoms with van der Waals surface area (Å²) in [5, 5.41) is 1.24. The number of nitrogens with zero attached hydrogens (tertiary/aromatic N) is 1. The normalized spacial score (nSPS) is 14.9. The standard InChI is InChI=1S/C21H19IN2O4/c1-3-10-28-19-17(22)12-14(13-18(19)27-4-2)11-16-20(25)23-24(21(16)26)15-8-6-5-7-9-15/h3,5-9,11-13H,1,4,10H2,2H3,(H,23,25)/b16-11-. The molecular formula is C21H19IN2O4. The summed E-state index contributed by atoms with van der Waals surface area (Å²) < 4.78 is 12.2. The van der Waals surface area contributed by atoms with Gasteiger partial charge in [-0.15, -0.1) is 0 Å². The van der Waals surface area contributed by atoms with Crippen molar-refractivity contribution in [3.05, 3.63) is 69.8 Å². The van der Waals surface area contributed by atoms with Gasteiger partial charge in [-0.05, 0) is 65.4 Å². The maximum absolute atomic E-state index is 12.7. The van der Waals surface area contributed by atoms with Crippen LogP contribution in [0.25, 0.3) is 6.08 Å². The maximum Gasteiger partial charge on any atom is 0.282 e. The van der Waals surface area contributed by atoms with E-state index >= 15 is 0 Å². The first-order valence-electron chi connectivity index (χ1n) is 8.67. The van der Waals surface area contributed by atoms with Gasteiger partial charge in [0.25, 0.3) is 11.8 Å². The number of benzene rings is 2. The minimum atomic E-state index is -0.450. The van der Waals surface area contributed by atoms with Crippen LogP contribution in [0.5, 0.6) is 11.5 Å². The molecule has 0 radical (unpaired) electrons. The quantitative estimate of drug-likeness (QED) is 0.278. The van der Waals surface area contributed by atoms with Gasteiger partial charge in [0, 0.05) is 0 Å². The molecule has 0 bridgehead atoms. The molecular weight excluding hydrogens is 471 g/mol. The number of hydrogen-bond acceptors (Lipinski definition) is 4. The fourth-order valence-electron chi connectivity index (χ4n) is 2.70. The molecule has 2 aromatic carbocycles. The van der Waals surface area contributed by atoms with Crippen LogP contribution in [0.4, 0.5) is 5.69 Å². The van der Waals surface area contributed by atoms with E-state index in [1.807, 2.05) is 19.1 Å². The lowest BCUT2D eigenvalue weighted by atomic mass is 10.1. The summed E-state index contributed by atoms with van der Waals surface area (Å²) >= 11 is 2.14. The second-order valence-electron chi connectivity index (χ2n) is 5.84. The molecule has 1 heterocycles. The van der Waals surface area contributed by atoms with Gasteiger partial charge in [-0.2, -0.15) is 0 Å². The summed E-state index contributed by atoms with van der Waals surface area (Å²) in [7, 11) is 0. The van der Waals surface area contributed by atoms with Crippen LogP contribution in [-0.4, -0.2) is 25.0 Å². The highest BCUT2D eigenvalue weighted by molar-refractivity contribution is 14.1. The van der Waals surface area contributed by atoms with E-state index in [0.29, 0.717) is 36.0 Å². The van der Waals surface area contributed by atoms with Crippen LogP contribution < -0.4 is 19.9 Å². The van der Waals surface area contributed by atoms with Crippen LogP contribution in [0.3, 0.4) is 0 Å². The number of hydrogen-bond donors (Lipinski definition) is 1. The third-order valence-corrected chi connectivity index (χ3v) is 4.70. The number of rotatable bonds is 7. The third-order valence-electron chi connectivity index (χ3n) is 3.89. The Morgan fingerprint density at radius 3 is 2.61 bits per heavy atom. The molecule has 1 N–H and O–H groups in total. The number of hydrazine groups is 1. The SMILES string of the molecule is C=CCOc1c(I)cc(/C=C2/C(=O)NN(c3ccccc3)C2=O)cc1OCC. The van der Waals surface area contributed by atoms with Gasteiger partial charge in [0.15, 0.2) is 11.5 Å². The molecule has 0 aliphatic carbocycles. The van der Waals surface area contributed by atoms with E-state index in [1.54, 1.807) is 42.5 Å². The largest absolute Gasteiger partial charge is 0.490 e. The Balaban J connectivity index is 1.95. The van der Waals surface area contributed by atoms with E-state index in [-0.39, 0.29) is 5.57 Å². The van der Waals surface area contributed by atoms with Crippen molar-refractivity contribution in [2.75, 3.05) is 18.2 Å². The van der Waals surface area contributed by atoms with Crippen molar-refractivity contribution in [2.45, 2.75) is 6.92 Å². The molecule has 144 valence electrons. The first kappa shape index (κ1) is 19.9. The number of carbonyl (C=O) groups is 2. The van der Waals surface area contributed by atoms with Crippen LogP contribution in [-0.2, 0) is 9.59 Å². The fourth-order valence-corrected chi connectivity index (χ4v) is 3.48. The molecule has 2 aromatic rings. The summed E-state index contributed by atoms with van der Waals surface area (Å²) in [6.07, 6.45) is 3.21. The zero-order chi connectivity index (χ0) is 20.1. The predicted octanol–water partition coefficient (Wildman–Crippen LogP) is 3.72. The van der Waals surface area contributed by atoms with Gasteiger partial charge in [-0.3, -0.25) is 15.0 Å². The molecule has 7 heteroatoms. The van der Waals surface area contributed by atoms with Crippen molar-refractivity contribution in [1.82, 2.24) is 5.43 Å². The van der Waals surface area contributed by atoms with E-state index in [0.717, 1.165) is 3.57 Å². The van der Waals surface area contributed by atoms with Gasteiger partial charge in [0.05, 0.1) is 15.9 Å². The average Bonchev–Trinajstić information content (AvgIpc) is 2.96. The Bertz CT molecular complexity index is 941. The Hall–Kier alpha value is -2.81. The topological polar surface area (TPSA) is 67.9 Å².